The van der Waals surface area contributed by atoms with E-state index in [4.69, 9.17) is 0 Å². The van der Waals surface area contributed by atoms with Crippen LogP contribution in [0.3, 0.4) is 0 Å². The number of fused-ring (bicyclic) bond motifs is 1. The minimum atomic E-state index is -0.0814. The molecule has 102 valence electrons. The minimum absolute atomic E-state index is 0.0814. The molecule has 2 aliphatic carbocycles. The maximum atomic E-state index is 9.86. The molecule has 0 aromatic heterocycles. The van der Waals surface area contributed by atoms with E-state index in [1.807, 2.05) is 0 Å². The van der Waals surface area contributed by atoms with Crippen molar-refractivity contribution in [1.82, 2.24) is 0 Å². The van der Waals surface area contributed by atoms with Crippen LogP contribution in [0, 0.1) is 17.3 Å². The standard InChI is InChI=1S/C17H28O/c1-3-4-7-14(2)8-5-10-17-11-6-9-15(17)12-16(18)13-17/h5-6,10-11,14-16,18H,3-4,7-9,12-13H2,1-2H3/b10-5+/t14-,15?,16?,17?/m0/s1. The molecule has 0 amide bonds. The Morgan fingerprint density at radius 1 is 1.50 bits per heavy atom. The third-order valence-electron chi connectivity index (χ3n) is 4.77. The van der Waals surface area contributed by atoms with Crippen LogP contribution in [0.25, 0.3) is 0 Å². The van der Waals surface area contributed by atoms with Crippen molar-refractivity contribution >= 4 is 0 Å². The zero-order valence-electron chi connectivity index (χ0n) is 11.9. The van der Waals surface area contributed by atoms with Crippen molar-refractivity contribution < 1.29 is 5.11 Å². The average molecular weight is 248 g/mol. The van der Waals surface area contributed by atoms with Crippen LogP contribution in [0.2, 0.25) is 0 Å². The van der Waals surface area contributed by atoms with Gasteiger partial charge in [-0.25, -0.2) is 0 Å². The Bertz CT molecular complexity index is 318. The highest BCUT2D eigenvalue weighted by atomic mass is 16.3. The van der Waals surface area contributed by atoms with E-state index in [9.17, 15) is 5.11 Å². The highest BCUT2D eigenvalue weighted by Crippen LogP contribution is 2.51. The second-order valence-electron chi connectivity index (χ2n) is 6.43. The number of unbranched alkanes of at least 4 members (excludes halogenated alkanes) is 1. The Morgan fingerprint density at radius 2 is 2.33 bits per heavy atom. The molecule has 0 aromatic rings. The normalized spacial score (nSPS) is 36.4. The molecule has 3 unspecified atom stereocenters. The van der Waals surface area contributed by atoms with Gasteiger partial charge in [-0.05, 0) is 37.5 Å². The molecule has 0 spiro atoms. The van der Waals surface area contributed by atoms with E-state index in [2.05, 4.69) is 38.2 Å². The van der Waals surface area contributed by atoms with E-state index < -0.39 is 0 Å². The Labute approximate surface area is 112 Å². The summed E-state index contributed by atoms with van der Waals surface area (Å²) in [5.74, 6) is 1.46. The van der Waals surface area contributed by atoms with Gasteiger partial charge in [0.25, 0.3) is 0 Å². The maximum Gasteiger partial charge on any atom is 0.0554 e. The first-order valence-corrected chi connectivity index (χ1v) is 7.69. The first kappa shape index (κ1) is 13.9. The predicted molar refractivity (Wildman–Crippen MR) is 77.4 cm³/mol. The summed E-state index contributed by atoms with van der Waals surface area (Å²) in [6.07, 6.45) is 17.6. The fraction of sp³-hybridized carbons (Fsp3) is 0.765. The van der Waals surface area contributed by atoms with Gasteiger partial charge in [-0.1, -0.05) is 57.4 Å². The van der Waals surface area contributed by atoms with Gasteiger partial charge in [0.15, 0.2) is 0 Å². The summed E-state index contributed by atoms with van der Waals surface area (Å²) >= 11 is 0. The smallest absolute Gasteiger partial charge is 0.0554 e. The molecule has 2 aliphatic rings. The maximum absolute atomic E-state index is 9.86. The summed E-state index contributed by atoms with van der Waals surface area (Å²) < 4.78 is 0. The van der Waals surface area contributed by atoms with Gasteiger partial charge in [-0.2, -0.15) is 0 Å². The number of allylic oxidation sites excluding steroid dienone is 4. The molecule has 0 radical (unpaired) electrons. The molecule has 0 aliphatic heterocycles. The van der Waals surface area contributed by atoms with Crippen LogP contribution < -0.4 is 0 Å². The first-order valence-electron chi connectivity index (χ1n) is 7.69. The quantitative estimate of drug-likeness (QED) is 0.687. The summed E-state index contributed by atoms with van der Waals surface area (Å²) in [6.45, 7) is 4.61. The Balaban J connectivity index is 1.86. The largest absolute Gasteiger partial charge is 0.393 e. The van der Waals surface area contributed by atoms with Crippen LogP contribution >= 0.6 is 0 Å². The molecule has 0 saturated heterocycles. The third kappa shape index (κ3) is 3.06. The minimum Gasteiger partial charge on any atom is -0.393 e. The van der Waals surface area contributed by atoms with E-state index in [1.54, 1.807) is 0 Å². The van der Waals surface area contributed by atoms with Crippen LogP contribution in [0.4, 0.5) is 0 Å². The molecular weight excluding hydrogens is 220 g/mol. The number of rotatable bonds is 6. The fourth-order valence-electron chi connectivity index (χ4n) is 3.63. The first-order chi connectivity index (χ1) is 8.66. The number of hydrogen-bond acceptors (Lipinski definition) is 1. The van der Waals surface area contributed by atoms with Crippen LogP contribution in [0.15, 0.2) is 24.3 Å². The molecular formula is C17H28O. The van der Waals surface area contributed by atoms with Gasteiger partial charge in [0.2, 0.25) is 0 Å². The van der Waals surface area contributed by atoms with Crippen molar-refractivity contribution in [2.24, 2.45) is 17.3 Å². The Morgan fingerprint density at radius 3 is 3.11 bits per heavy atom. The SMILES string of the molecule is CCCC[C@H](C)C/C=C/C12C=CCC1CC(O)C2. The van der Waals surface area contributed by atoms with Crippen LogP contribution in [0.5, 0.6) is 0 Å². The fourth-order valence-corrected chi connectivity index (χ4v) is 3.63. The lowest BCUT2D eigenvalue weighted by Gasteiger charge is -2.24. The molecule has 2 rings (SSSR count). The molecule has 18 heavy (non-hydrogen) atoms. The summed E-state index contributed by atoms with van der Waals surface area (Å²) in [4.78, 5) is 0. The van der Waals surface area contributed by atoms with Gasteiger partial charge < -0.3 is 5.11 Å². The molecule has 1 fully saturated rings. The van der Waals surface area contributed by atoms with Crippen LogP contribution in [-0.2, 0) is 0 Å². The van der Waals surface area contributed by atoms with Crippen molar-refractivity contribution in [3.8, 4) is 0 Å². The molecule has 4 atom stereocenters. The van der Waals surface area contributed by atoms with Gasteiger partial charge in [-0.15, -0.1) is 0 Å². The van der Waals surface area contributed by atoms with Crippen molar-refractivity contribution in [3.63, 3.8) is 0 Å². The molecule has 1 nitrogen and oxygen atoms in total. The molecule has 0 heterocycles. The van der Waals surface area contributed by atoms with Gasteiger partial charge >= 0.3 is 0 Å². The highest BCUT2D eigenvalue weighted by Gasteiger charge is 2.44. The van der Waals surface area contributed by atoms with E-state index in [1.165, 1.54) is 25.7 Å². The van der Waals surface area contributed by atoms with E-state index in [0.717, 1.165) is 25.2 Å². The monoisotopic (exact) mass is 248 g/mol. The number of hydrogen-bond donors (Lipinski definition) is 1. The summed E-state index contributed by atoms with van der Waals surface area (Å²) in [5, 5.41) is 9.86. The lowest BCUT2D eigenvalue weighted by atomic mass is 9.80. The molecule has 1 N–H and O–H groups in total. The second kappa shape index (κ2) is 6.06. The number of aliphatic hydroxyl groups excluding tert-OH is 1. The topological polar surface area (TPSA) is 20.2 Å². The van der Waals surface area contributed by atoms with E-state index in [0.29, 0.717) is 5.92 Å². The summed E-state index contributed by atoms with van der Waals surface area (Å²) in [6, 6.07) is 0. The summed E-state index contributed by atoms with van der Waals surface area (Å²) in [5.41, 5.74) is 0.198. The lowest BCUT2D eigenvalue weighted by molar-refractivity contribution is 0.173. The second-order valence-corrected chi connectivity index (χ2v) is 6.43. The molecule has 0 bridgehead atoms. The van der Waals surface area contributed by atoms with Gasteiger partial charge in [-0.3, -0.25) is 0 Å². The van der Waals surface area contributed by atoms with Crippen molar-refractivity contribution in [1.29, 1.82) is 0 Å². The highest BCUT2D eigenvalue weighted by molar-refractivity contribution is 5.23. The molecule has 0 aromatic carbocycles. The summed E-state index contributed by atoms with van der Waals surface area (Å²) in [7, 11) is 0. The van der Waals surface area contributed by atoms with Crippen molar-refractivity contribution in [2.45, 2.75) is 64.9 Å². The third-order valence-corrected chi connectivity index (χ3v) is 4.77. The predicted octanol–water partition coefficient (Wildman–Crippen LogP) is 4.48. The average Bonchev–Trinajstić information content (AvgIpc) is 2.82. The zero-order chi connectivity index (χ0) is 13.0. The van der Waals surface area contributed by atoms with E-state index in [-0.39, 0.29) is 11.5 Å². The molecule has 1 heteroatoms. The Hall–Kier alpha value is -0.560. The molecule has 1 saturated carbocycles. The van der Waals surface area contributed by atoms with Crippen molar-refractivity contribution in [2.75, 3.05) is 0 Å². The van der Waals surface area contributed by atoms with Gasteiger partial charge in [0.05, 0.1) is 6.10 Å². The zero-order valence-corrected chi connectivity index (χ0v) is 11.9. The van der Waals surface area contributed by atoms with E-state index >= 15 is 0 Å². The lowest BCUT2D eigenvalue weighted by Crippen LogP contribution is -2.16. The van der Waals surface area contributed by atoms with Crippen LogP contribution in [-0.4, -0.2) is 11.2 Å². The van der Waals surface area contributed by atoms with Crippen LogP contribution in [0.1, 0.15) is 58.8 Å². The van der Waals surface area contributed by atoms with Gasteiger partial charge in [0.1, 0.15) is 0 Å². The van der Waals surface area contributed by atoms with Gasteiger partial charge in [0, 0.05) is 5.41 Å². The number of aliphatic hydroxyl groups is 1. The van der Waals surface area contributed by atoms with Crippen molar-refractivity contribution in [3.05, 3.63) is 24.3 Å². The Kier molecular flexibility index (Phi) is 4.66.